The van der Waals surface area contributed by atoms with Crippen molar-refractivity contribution in [2.75, 3.05) is 0 Å². The molecular formula is C22H29F2Y-. The first kappa shape index (κ1) is 21.2. The van der Waals surface area contributed by atoms with E-state index in [1.807, 2.05) is 0 Å². The molecule has 1 radical (unpaired) electrons. The van der Waals surface area contributed by atoms with Gasteiger partial charge in [-0.1, -0.05) is 12.2 Å². The van der Waals surface area contributed by atoms with Crippen molar-refractivity contribution in [3.05, 3.63) is 47.5 Å². The summed E-state index contributed by atoms with van der Waals surface area (Å²) in [5.74, 6) is 1.80. The number of allylic oxidation sites excluding steroid dienone is 2. The summed E-state index contributed by atoms with van der Waals surface area (Å²) in [4.78, 5) is 0. The summed E-state index contributed by atoms with van der Waals surface area (Å²) in [5.41, 5.74) is 0.831. The number of halogens is 2. The van der Waals surface area contributed by atoms with Gasteiger partial charge in [-0.15, -0.1) is 23.8 Å². The van der Waals surface area contributed by atoms with Crippen LogP contribution in [-0.2, 0) is 32.7 Å². The fourth-order valence-corrected chi connectivity index (χ4v) is 4.90. The molecule has 0 aromatic heterocycles. The van der Waals surface area contributed by atoms with Crippen LogP contribution in [0.15, 0.2) is 24.3 Å². The van der Waals surface area contributed by atoms with Gasteiger partial charge in [-0.2, -0.15) is 0 Å². The largest absolute Gasteiger partial charge is 0.236 e. The van der Waals surface area contributed by atoms with Crippen LogP contribution in [0.25, 0.3) is 0 Å². The summed E-state index contributed by atoms with van der Waals surface area (Å²) in [6, 6.07) is 5.04. The minimum absolute atomic E-state index is 0. The Labute approximate surface area is 176 Å². The van der Waals surface area contributed by atoms with E-state index in [-0.39, 0.29) is 32.7 Å². The SMILES string of the molecule is CC=CCC1CCC(C2CCC(c3cc(F)[c-]c(F)c3)CC2)CC1.[Y]. The van der Waals surface area contributed by atoms with E-state index in [1.54, 1.807) is 0 Å². The van der Waals surface area contributed by atoms with Gasteiger partial charge in [0.05, 0.1) is 0 Å². The number of hydrogen-bond acceptors (Lipinski definition) is 0. The summed E-state index contributed by atoms with van der Waals surface area (Å²) in [6.45, 7) is 2.10. The van der Waals surface area contributed by atoms with Crippen molar-refractivity contribution >= 4 is 0 Å². The van der Waals surface area contributed by atoms with Gasteiger partial charge in [0.2, 0.25) is 0 Å². The first-order valence-corrected chi connectivity index (χ1v) is 9.65. The molecule has 0 nitrogen and oxygen atoms in total. The monoisotopic (exact) mass is 420 g/mol. The molecule has 0 saturated heterocycles. The van der Waals surface area contributed by atoms with Crippen LogP contribution in [-0.4, -0.2) is 0 Å². The van der Waals surface area contributed by atoms with Crippen LogP contribution in [0.4, 0.5) is 8.78 Å². The van der Waals surface area contributed by atoms with Crippen LogP contribution in [0.1, 0.15) is 76.2 Å². The van der Waals surface area contributed by atoms with E-state index >= 15 is 0 Å². The molecule has 0 spiro atoms. The molecule has 1 aromatic rings. The normalized spacial score (nSPS) is 30.2. The van der Waals surface area contributed by atoms with Gasteiger partial charge in [0.15, 0.2) is 0 Å². The number of benzene rings is 1. The molecule has 0 bridgehead atoms. The Morgan fingerprint density at radius 3 is 1.96 bits per heavy atom. The van der Waals surface area contributed by atoms with Gasteiger partial charge in [-0.3, -0.25) is 0 Å². The minimum Gasteiger partial charge on any atom is -0.236 e. The van der Waals surface area contributed by atoms with Crippen LogP contribution in [0.5, 0.6) is 0 Å². The van der Waals surface area contributed by atoms with E-state index < -0.39 is 11.6 Å². The molecule has 1 aromatic carbocycles. The molecule has 0 atom stereocenters. The third-order valence-corrected chi connectivity index (χ3v) is 6.33. The smallest absolute Gasteiger partial charge is 0.0139 e. The van der Waals surface area contributed by atoms with Crippen molar-refractivity contribution in [3.63, 3.8) is 0 Å². The summed E-state index contributed by atoms with van der Waals surface area (Å²) >= 11 is 0. The summed E-state index contributed by atoms with van der Waals surface area (Å²) in [7, 11) is 0. The molecule has 135 valence electrons. The van der Waals surface area contributed by atoms with Crippen molar-refractivity contribution in [2.24, 2.45) is 17.8 Å². The average Bonchev–Trinajstić information content (AvgIpc) is 2.60. The van der Waals surface area contributed by atoms with Gasteiger partial charge in [-0.05, 0) is 88.4 Å². The van der Waals surface area contributed by atoms with Crippen LogP contribution < -0.4 is 0 Å². The van der Waals surface area contributed by atoms with Gasteiger partial charge in [-0.25, -0.2) is 8.78 Å². The van der Waals surface area contributed by atoms with Gasteiger partial charge in [0.1, 0.15) is 0 Å². The molecule has 25 heavy (non-hydrogen) atoms. The molecule has 0 N–H and O–H groups in total. The molecule has 2 aliphatic rings. The van der Waals surface area contributed by atoms with E-state index in [0.29, 0.717) is 5.92 Å². The first-order chi connectivity index (χ1) is 11.7. The number of rotatable bonds is 4. The topological polar surface area (TPSA) is 0 Å². The Morgan fingerprint density at radius 1 is 0.920 bits per heavy atom. The van der Waals surface area contributed by atoms with E-state index in [1.165, 1.54) is 57.1 Å². The molecule has 0 heterocycles. The number of hydrogen-bond donors (Lipinski definition) is 0. The predicted molar refractivity (Wildman–Crippen MR) is 94.8 cm³/mol. The summed E-state index contributed by atoms with van der Waals surface area (Å²) in [6.07, 6.45) is 15.8. The maximum Gasteiger partial charge on any atom is 0.0139 e. The third kappa shape index (κ3) is 5.96. The van der Waals surface area contributed by atoms with Gasteiger partial charge < -0.3 is 0 Å². The van der Waals surface area contributed by atoms with E-state index in [9.17, 15) is 8.78 Å². The van der Waals surface area contributed by atoms with Crippen molar-refractivity contribution in [1.82, 2.24) is 0 Å². The Balaban J connectivity index is 0.00000225. The molecule has 2 saturated carbocycles. The Morgan fingerprint density at radius 2 is 1.44 bits per heavy atom. The van der Waals surface area contributed by atoms with Gasteiger partial charge in [0.25, 0.3) is 0 Å². The minimum atomic E-state index is -0.563. The molecule has 0 amide bonds. The Kier molecular flexibility index (Phi) is 8.75. The Bertz CT molecular complexity index is 533. The zero-order valence-electron chi connectivity index (χ0n) is 15.3. The first-order valence-electron chi connectivity index (χ1n) is 9.65. The molecule has 2 aliphatic carbocycles. The summed E-state index contributed by atoms with van der Waals surface area (Å²) in [5, 5.41) is 0. The molecular weight excluding hydrogens is 391 g/mol. The van der Waals surface area contributed by atoms with E-state index in [4.69, 9.17) is 0 Å². The van der Waals surface area contributed by atoms with Crippen LogP contribution in [0, 0.1) is 35.5 Å². The second-order valence-electron chi connectivity index (χ2n) is 7.81. The van der Waals surface area contributed by atoms with Gasteiger partial charge >= 0.3 is 0 Å². The predicted octanol–water partition coefficient (Wildman–Crippen LogP) is 6.81. The quantitative estimate of drug-likeness (QED) is 0.371. The second kappa shape index (κ2) is 10.3. The zero-order valence-corrected chi connectivity index (χ0v) is 18.2. The summed E-state index contributed by atoms with van der Waals surface area (Å²) < 4.78 is 26.8. The van der Waals surface area contributed by atoms with E-state index in [2.05, 4.69) is 25.1 Å². The van der Waals surface area contributed by atoms with Crippen molar-refractivity contribution in [3.8, 4) is 0 Å². The zero-order chi connectivity index (χ0) is 16.9. The van der Waals surface area contributed by atoms with Crippen molar-refractivity contribution in [1.29, 1.82) is 0 Å². The maximum atomic E-state index is 13.4. The molecule has 3 rings (SSSR count). The van der Waals surface area contributed by atoms with Crippen LogP contribution in [0.3, 0.4) is 0 Å². The molecule has 3 heteroatoms. The molecule has 0 aliphatic heterocycles. The fourth-order valence-electron chi connectivity index (χ4n) is 4.90. The molecule has 2 fully saturated rings. The third-order valence-electron chi connectivity index (χ3n) is 6.33. The van der Waals surface area contributed by atoms with E-state index in [0.717, 1.165) is 36.2 Å². The van der Waals surface area contributed by atoms with Crippen LogP contribution in [0.2, 0.25) is 0 Å². The molecule has 0 unspecified atom stereocenters. The average molecular weight is 420 g/mol. The van der Waals surface area contributed by atoms with Crippen LogP contribution >= 0.6 is 0 Å². The van der Waals surface area contributed by atoms with Crippen molar-refractivity contribution in [2.45, 2.75) is 70.6 Å². The Hall–Kier alpha value is -0.0761. The standard InChI is InChI=1S/C22H29F2.Y/c1-2-3-4-16-5-7-17(8-6-16)18-9-11-19(12-10-18)20-13-21(23)15-22(24)14-20;/h2-3,13-14,16-19H,4-12H2,1H3;/q-1;. The maximum absolute atomic E-state index is 13.4. The fraction of sp³-hybridized carbons (Fsp3) is 0.636. The second-order valence-corrected chi connectivity index (χ2v) is 7.81. The van der Waals surface area contributed by atoms with Crippen molar-refractivity contribution < 1.29 is 41.5 Å². The van der Waals surface area contributed by atoms with Gasteiger partial charge in [0, 0.05) is 44.3 Å².